The van der Waals surface area contributed by atoms with Gasteiger partial charge in [0.1, 0.15) is 0 Å². The molecule has 0 radical (unpaired) electrons. The van der Waals surface area contributed by atoms with Crippen LogP contribution in [0.15, 0.2) is 60.1 Å². The predicted octanol–water partition coefficient (Wildman–Crippen LogP) is 3.41. The van der Waals surface area contributed by atoms with E-state index in [2.05, 4.69) is 11.3 Å². The molecule has 0 fully saturated rings. The Kier molecular flexibility index (Phi) is 4.88. The third kappa shape index (κ3) is 3.67. The summed E-state index contributed by atoms with van der Waals surface area (Å²) in [6.07, 6.45) is 7.92. The molecule has 1 aliphatic carbocycles. The number of allylic oxidation sites excluding steroid dienone is 2. The van der Waals surface area contributed by atoms with E-state index in [0.29, 0.717) is 18.5 Å². The smallest absolute Gasteiger partial charge is 0.261 e. The maximum atomic E-state index is 12.5. The molecule has 1 aromatic rings. The van der Waals surface area contributed by atoms with Crippen molar-refractivity contribution >= 4 is 15.7 Å². The molecule has 0 spiro atoms. The number of para-hydroxylation sites is 1. The van der Waals surface area contributed by atoms with Crippen molar-refractivity contribution in [1.29, 1.82) is 0 Å². The molecule has 1 unspecified atom stereocenters. The minimum absolute atomic E-state index is 0.260. The van der Waals surface area contributed by atoms with Crippen LogP contribution >= 0.6 is 0 Å². The number of anilines is 1. The quantitative estimate of drug-likeness (QED) is 0.818. The van der Waals surface area contributed by atoms with E-state index in [9.17, 15) is 8.42 Å². The molecule has 1 atom stereocenters. The highest BCUT2D eigenvalue weighted by atomic mass is 32.2. The van der Waals surface area contributed by atoms with Gasteiger partial charge in [0.15, 0.2) is 0 Å². The van der Waals surface area contributed by atoms with Gasteiger partial charge in [0, 0.05) is 7.11 Å². The molecule has 0 aliphatic heterocycles. The number of hydrogen-bond acceptors (Lipinski definition) is 3. The van der Waals surface area contributed by atoms with Gasteiger partial charge < -0.3 is 4.74 Å². The molecule has 1 aliphatic rings. The molecule has 1 aromatic carbocycles. The van der Waals surface area contributed by atoms with Gasteiger partial charge in [-0.2, -0.15) is 0 Å². The van der Waals surface area contributed by atoms with Crippen LogP contribution in [0.5, 0.6) is 0 Å². The van der Waals surface area contributed by atoms with Crippen LogP contribution in [0.4, 0.5) is 5.69 Å². The molecule has 0 aromatic heterocycles. The lowest BCUT2D eigenvalue weighted by Crippen LogP contribution is -2.27. The van der Waals surface area contributed by atoms with Gasteiger partial charge in [-0.25, -0.2) is 8.42 Å². The van der Waals surface area contributed by atoms with E-state index < -0.39 is 15.6 Å². The van der Waals surface area contributed by atoms with Crippen molar-refractivity contribution < 1.29 is 13.2 Å². The van der Waals surface area contributed by atoms with E-state index in [1.54, 1.807) is 43.5 Å². The third-order valence-electron chi connectivity index (χ3n) is 3.71. The number of rotatable bonds is 6. The van der Waals surface area contributed by atoms with Gasteiger partial charge in [0.05, 0.1) is 16.2 Å². The van der Waals surface area contributed by atoms with Crippen LogP contribution in [-0.2, 0) is 21.2 Å². The van der Waals surface area contributed by atoms with Crippen LogP contribution in [0, 0.1) is 0 Å². The van der Waals surface area contributed by atoms with Gasteiger partial charge in [-0.05, 0) is 37.5 Å². The van der Waals surface area contributed by atoms with Gasteiger partial charge in [-0.3, -0.25) is 4.72 Å². The summed E-state index contributed by atoms with van der Waals surface area (Å²) in [5.74, 6) is 0. The fourth-order valence-corrected chi connectivity index (χ4v) is 3.36. The minimum Gasteiger partial charge on any atom is -0.374 e. The number of ether oxygens (including phenoxy) is 1. The van der Waals surface area contributed by atoms with Crippen LogP contribution in [0.2, 0.25) is 0 Å². The number of benzene rings is 1. The van der Waals surface area contributed by atoms with Crippen molar-refractivity contribution in [1.82, 2.24) is 0 Å². The Hall–Kier alpha value is -1.85. The van der Waals surface area contributed by atoms with Gasteiger partial charge in [0.25, 0.3) is 10.0 Å². The number of sulfonamides is 1. The average Bonchev–Trinajstić information content (AvgIpc) is 2.50. The van der Waals surface area contributed by atoms with E-state index >= 15 is 0 Å². The Morgan fingerprint density at radius 3 is 2.73 bits per heavy atom. The summed E-state index contributed by atoms with van der Waals surface area (Å²) >= 11 is 0. The van der Waals surface area contributed by atoms with Crippen molar-refractivity contribution in [2.24, 2.45) is 0 Å². The third-order valence-corrected chi connectivity index (χ3v) is 5.12. The summed E-state index contributed by atoms with van der Waals surface area (Å²) in [6.45, 7) is 5.61. The van der Waals surface area contributed by atoms with Gasteiger partial charge in [-0.15, -0.1) is 6.58 Å². The highest BCUT2D eigenvalue weighted by Gasteiger charge is 2.26. The Bertz CT molecular complexity index is 719. The number of nitrogens with one attached hydrogen (secondary N) is 1. The second-order valence-corrected chi connectivity index (χ2v) is 7.10. The first-order chi connectivity index (χ1) is 10.4. The summed E-state index contributed by atoms with van der Waals surface area (Å²) in [5.41, 5.74) is 1.03. The second-order valence-electron chi connectivity index (χ2n) is 5.42. The van der Waals surface area contributed by atoms with Crippen LogP contribution < -0.4 is 4.72 Å². The largest absolute Gasteiger partial charge is 0.374 e. The second kappa shape index (κ2) is 6.50. The Labute approximate surface area is 132 Å². The van der Waals surface area contributed by atoms with Crippen molar-refractivity contribution in [2.45, 2.75) is 25.4 Å². The number of hydrogen-bond donors (Lipinski definition) is 1. The van der Waals surface area contributed by atoms with Gasteiger partial charge >= 0.3 is 0 Å². The summed E-state index contributed by atoms with van der Waals surface area (Å²) in [7, 11) is -1.99. The van der Waals surface area contributed by atoms with E-state index in [1.165, 1.54) is 0 Å². The molecule has 1 N–H and O–H groups in total. The Balaban J connectivity index is 2.23. The molecule has 0 saturated heterocycles. The van der Waals surface area contributed by atoms with Gasteiger partial charge in [0.2, 0.25) is 0 Å². The maximum absolute atomic E-state index is 12.5. The SMILES string of the molecule is C=CCc1ccccc1NS(=O)(=O)C1=CCC(C)(OC)C=C1. The van der Waals surface area contributed by atoms with Crippen LogP contribution in [0.1, 0.15) is 18.9 Å². The highest BCUT2D eigenvalue weighted by molar-refractivity contribution is 7.96. The molecule has 22 heavy (non-hydrogen) atoms. The van der Waals surface area contributed by atoms with Crippen LogP contribution in [0.3, 0.4) is 0 Å². The van der Waals surface area contributed by atoms with Crippen molar-refractivity contribution in [3.8, 4) is 0 Å². The molecular weight excluding hydrogens is 298 g/mol. The van der Waals surface area contributed by atoms with Crippen LogP contribution in [0.25, 0.3) is 0 Å². The molecular formula is C17H21NO3S. The summed E-state index contributed by atoms with van der Waals surface area (Å²) in [6, 6.07) is 7.31. The Morgan fingerprint density at radius 1 is 1.41 bits per heavy atom. The lowest BCUT2D eigenvalue weighted by atomic mass is 9.98. The average molecular weight is 319 g/mol. The fraction of sp³-hybridized carbons (Fsp3) is 0.294. The molecule has 4 nitrogen and oxygen atoms in total. The normalized spacial score (nSPS) is 21.3. The summed E-state index contributed by atoms with van der Waals surface area (Å²) in [4.78, 5) is 0.260. The molecule has 118 valence electrons. The highest BCUT2D eigenvalue weighted by Crippen LogP contribution is 2.27. The molecule has 0 bridgehead atoms. The van der Waals surface area contributed by atoms with E-state index in [1.807, 2.05) is 19.1 Å². The first-order valence-electron chi connectivity index (χ1n) is 7.06. The van der Waals surface area contributed by atoms with Crippen molar-refractivity contribution in [3.63, 3.8) is 0 Å². The molecule has 0 amide bonds. The molecule has 2 rings (SSSR count). The summed E-state index contributed by atoms with van der Waals surface area (Å²) in [5, 5.41) is 0. The minimum atomic E-state index is -3.60. The molecule has 0 saturated carbocycles. The zero-order valence-corrected chi connectivity index (χ0v) is 13.7. The zero-order chi connectivity index (χ0) is 16.2. The molecule has 5 heteroatoms. The van der Waals surface area contributed by atoms with E-state index in [4.69, 9.17) is 4.74 Å². The Morgan fingerprint density at radius 2 is 2.14 bits per heavy atom. The standard InChI is InChI=1S/C17H21NO3S/c1-4-7-14-8-5-6-9-16(14)18-22(19,20)15-10-12-17(2,21-3)13-11-15/h4-6,8-12,18H,1,7,13H2,2-3H3. The van der Waals surface area contributed by atoms with E-state index in [0.717, 1.165) is 5.56 Å². The number of methoxy groups -OCH3 is 1. The van der Waals surface area contributed by atoms with Crippen molar-refractivity contribution in [3.05, 3.63) is 65.6 Å². The fourth-order valence-electron chi connectivity index (χ4n) is 2.21. The maximum Gasteiger partial charge on any atom is 0.261 e. The predicted molar refractivity (Wildman–Crippen MR) is 90.1 cm³/mol. The lowest BCUT2D eigenvalue weighted by Gasteiger charge is -2.26. The lowest BCUT2D eigenvalue weighted by molar-refractivity contribution is 0.0504. The first-order valence-corrected chi connectivity index (χ1v) is 8.55. The van der Waals surface area contributed by atoms with Gasteiger partial charge in [-0.1, -0.05) is 36.4 Å². The zero-order valence-electron chi connectivity index (χ0n) is 12.9. The summed E-state index contributed by atoms with van der Waals surface area (Å²) < 4.78 is 33.0. The van der Waals surface area contributed by atoms with E-state index in [-0.39, 0.29) is 4.91 Å². The van der Waals surface area contributed by atoms with Crippen LogP contribution in [-0.4, -0.2) is 21.1 Å². The monoisotopic (exact) mass is 319 g/mol. The van der Waals surface area contributed by atoms with Crippen molar-refractivity contribution in [2.75, 3.05) is 11.8 Å². The molecule has 0 heterocycles. The topological polar surface area (TPSA) is 55.4 Å². The first kappa shape index (κ1) is 16.5.